The maximum Gasteiger partial charge on any atom is 0.0633 e. The van der Waals surface area contributed by atoms with Gasteiger partial charge in [0.1, 0.15) is 0 Å². The summed E-state index contributed by atoms with van der Waals surface area (Å²) in [5.41, 5.74) is -0.614. The molecule has 0 fully saturated rings. The summed E-state index contributed by atoms with van der Waals surface area (Å²) in [6.07, 6.45) is 0. The van der Waals surface area contributed by atoms with Gasteiger partial charge in [-0.05, 0) is 32.9 Å². The molecule has 0 saturated carbocycles. The van der Waals surface area contributed by atoms with Gasteiger partial charge < -0.3 is 15.5 Å². The Labute approximate surface area is 94.8 Å². The Morgan fingerprint density at radius 2 is 2.00 bits per heavy atom. The van der Waals surface area contributed by atoms with Crippen LogP contribution in [0.3, 0.4) is 0 Å². The van der Waals surface area contributed by atoms with E-state index in [2.05, 4.69) is 24.4 Å². The zero-order chi connectivity index (χ0) is 11.5. The lowest BCUT2D eigenvalue weighted by atomic mass is 10.0. The maximum absolute atomic E-state index is 9.17. The summed E-state index contributed by atoms with van der Waals surface area (Å²) in [4.78, 5) is 2.49. The van der Waals surface area contributed by atoms with Gasteiger partial charge in [0.05, 0.1) is 18.8 Å². The summed E-state index contributed by atoms with van der Waals surface area (Å²) < 4.78 is 0. The van der Waals surface area contributed by atoms with Gasteiger partial charge >= 0.3 is 0 Å². The predicted molar refractivity (Wildman–Crippen MR) is 63.2 cm³/mol. The van der Waals surface area contributed by atoms with Crippen LogP contribution in [0.4, 0.5) is 0 Å². The molecule has 0 aliphatic carbocycles. The maximum atomic E-state index is 9.17. The SMILES string of the molecule is Cc1ccc(C(C)NC(C)(CO)CO)s1. The quantitative estimate of drug-likeness (QED) is 0.716. The van der Waals surface area contributed by atoms with E-state index in [1.54, 1.807) is 11.3 Å². The molecular formula is C11H19NO2S. The highest BCUT2D eigenvalue weighted by Gasteiger charge is 2.24. The molecule has 86 valence electrons. The molecule has 4 heteroatoms. The third-order valence-corrected chi connectivity index (χ3v) is 3.63. The minimum absolute atomic E-state index is 0.0712. The van der Waals surface area contributed by atoms with Gasteiger partial charge in [0.2, 0.25) is 0 Å². The Morgan fingerprint density at radius 3 is 2.40 bits per heavy atom. The van der Waals surface area contributed by atoms with E-state index < -0.39 is 5.54 Å². The van der Waals surface area contributed by atoms with Crippen LogP contribution in [0.1, 0.15) is 29.6 Å². The number of hydrogen-bond donors (Lipinski definition) is 3. The van der Waals surface area contributed by atoms with Gasteiger partial charge in [-0.3, -0.25) is 0 Å². The third-order valence-electron chi connectivity index (χ3n) is 2.45. The number of thiophene rings is 1. The Bertz CT molecular complexity index is 307. The fraction of sp³-hybridized carbons (Fsp3) is 0.636. The van der Waals surface area contributed by atoms with Crippen LogP contribution < -0.4 is 5.32 Å². The average molecular weight is 229 g/mol. The topological polar surface area (TPSA) is 52.5 Å². The first-order chi connectivity index (χ1) is 7.00. The molecule has 0 aromatic carbocycles. The van der Waals surface area contributed by atoms with Crippen LogP contribution in [0.2, 0.25) is 0 Å². The predicted octanol–water partition coefficient (Wildman–Crippen LogP) is 1.45. The fourth-order valence-corrected chi connectivity index (χ4v) is 2.30. The number of nitrogens with one attached hydrogen (secondary N) is 1. The molecule has 1 aromatic heterocycles. The van der Waals surface area contributed by atoms with Crippen molar-refractivity contribution in [3.8, 4) is 0 Å². The van der Waals surface area contributed by atoms with Crippen molar-refractivity contribution >= 4 is 11.3 Å². The highest BCUT2D eigenvalue weighted by atomic mass is 32.1. The molecule has 0 spiro atoms. The lowest BCUT2D eigenvalue weighted by Crippen LogP contribution is -2.49. The Kier molecular flexibility index (Phi) is 4.28. The molecule has 1 atom stereocenters. The summed E-state index contributed by atoms with van der Waals surface area (Å²) in [6.45, 7) is 5.77. The molecule has 1 heterocycles. The van der Waals surface area contributed by atoms with E-state index in [4.69, 9.17) is 10.2 Å². The van der Waals surface area contributed by atoms with Gasteiger partial charge in [-0.15, -0.1) is 11.3 Å². The van der Waals surface area contributed by atoms with Crippen LogP contribution in [-0.2, 0) is 0 Å². The van der Waals surface area contributed by atoms with E-state index in [9.17, 15) is 0 Å². The van der Waals surface area contributed by atoms with Gasteiger partial charge in [-0.25, -0.2) is 0 Å². The molecule has 1 aromatic rings. The molecule has 0 radical (unpaired) electrons. The Morgan fingerprint density at radius 1 is 1.40 bits per heavy atom. The summed E-state index contributed by atoms with van der Waals surface area (Å²) in [6, 6.07) is 4.30. The minimum atomic E-state index is -0.614. The first kappa shape index (κ1) is 12.6. The average Bonchev–Trinajstić information content (AvgIpc) is 2.65. The van der Waals surface area contributed by atoms with Crippen LogP contribution >= 0.6 is 11.3 Å². The van der Waals surface area contributed by atoms with Gasteiger partial charge in [-0.1, -0.05) is 0 Å². The monoisotopic (exact) mass is 229 g/mol. The van der Waals surface area contributed by atoms with Crippen LogP contribution in [0.5, 0.6) is 0 Å². The second-order valence-electron chi connectivity index (χ2n) is 4.19. The van der Waals surface area contributed by atoms with Gasteiger partial charge in [0.15, 0.2) is 0 Å². The van der Waals surface area contributed by atoms with Gasteiger partial charge in [-0.2, -0.15) is 0 Å². The smallest absolute Gasteiger partial charge is 0.0633 e. The molecule has 0 aliphatic heterocycles. The van der Waals surface area contributed by atoms with Crippen LogP contribution in [0.25, 0.3) is 0 Å². The standard InChI is InChI=1S/C11H19NO2S/c1-8-4-5-10(15-8)9(2)12-11(3,6-13)7-14/h4-5,9,12-14H,6-7H2,1-3H3. The van der Waals surface area contributed by atoms with E-state index >= 15 is 0 Å². The van der Waals surface area contributed by atoms with Crippen LogP contribution in [0.15, 0.2) is 12.1 Å². The zero-order valence-electron chi connectivity index (χ0n) is 9.45. The van der Waals surface area contributed by atoms with Crippen molar-refractivity contribution in [2.75, 3.05) is 13.2 Å². The van der Waals surface area contributed by atoms with E-state index in [1.165, 1.54) is 9.75 Å². The number of rotatable bonds is 5. The van der Waals surface area contributed by atoms with Crippen molar-refractivity contribution in [1.29, 1.82) is 0 Å². The molecule has 0 aliphatic rings. The number of aryl methyl sites for hydroxylation is 1. The van der Waals surface area contributed by atoms with Gasteiger partial charge in [0, 0.05) is 15.8 Å². The molecule has 1 rings (SSSR count). The number of hydrogen-bond acceptors (Lipinski definition) is 4. The van der Waals surface area contributed by atoms with Crippen LogP contribution in [0, 0.1) is 6.92 Å². The lowest BCUT2D eigenvalue weighted by molar-refractivity contribution is 0.0961. The summed E-state index contributed by atoms with van der Waals surface area (Å²) in [5.74, 6) is 0. The summed E-state index contributed by atoms with van der Waals surface area (Å²) in [7, 11) is 0. The highest BCUT2D eigenvalue weighted by Crippen LogP contribution is 2.24. The second-order valence-corrected chi connectivity index (χ2v) is 5.51. The normalized spacial score (nSPS) is 14.2. The molecule has 1 unspecified atom stereocenters. The van der Waals surface area contributed by atoms with E-state index in [0.29, 0.717) is 0 Å². The highest BCUT2D eigenvalue weighted by molar-refractivity contribution is 7.12. The fourth-order valence-electron chi connectivity index (χ4n) is 1.42. The number of aliphatic hydroxyl groups excluding tert-OH is 2. The largest absolute Gasteiger partial charge is 0.394 e. The molecule has 0 saturated heterocycles. The molecule has 0 bridgehead atoms. The molecule has 15 heavy (non-hydrogen) atoms. The van der Waals surface area contributed by atoms with Gasteiger partial charge in [0.25, 0.3) is 0 Å². The first-order valence-corrected chi connectivity index (χ1v) is 5.88. The van der Waals surface area contributed by atoms with Crippen molar-refractivity contribution in [3.63, 3.8) is 0 Å². The summed E-state index contributed by atoms with van der Waals surface area (Å²) >= 11 is 1.73. The van der Waals surface area contributed by atoms with E-state index in [1.807, 2.05) is 13.8 Å². The van der Waals surface area contributed by atoms with E-state index in [0.717, 1.165) is 0 Å². The third kappa shape index (κ3) is 3.28. The zero-order valence-corrected chi connectivity index (χ0v) is 10.3. The van der Waals surface area contributed by atoms with Crippen molar-refractivity contribution in [2.24, 2.45) is 0 Å². The minimum Gasteiger partial charge on any atom is -0.394 e. The molecule has 3 nitrogen and oxygen atoms in total. The first-order valence-electron chi connectivity index (χ1n) is 5.06. The van der Waals surface area contributed by atoms with Crippen LogP contribution in [-0.4, -0.2) is 29.0 Å². The van der Waals surface area contributed by atoms with Crippen molar-refractivity contribution in [2.45, 2.75) is 32.4 Å². The summed E-state index contributed by atoms with van der Waals surface area (Å²) in [5, 5.41) is 21.6. The lowest BCUT2D eigenvalue weighted by Gasteiger charge is -2.29. The van der Waals surface area contributed by atoms with Crippen molar-refractivity contribution in [3.05, 3.63) is 21.9 Å². The molecule has 0 amide bonds. The van der Waals surface area contributed by atoms with E-state index in [-0.39, 0.29) is 19.3 Å². The molecule has 3 N–H and O–H groups in total. The molecular weight excluding hydrogens is 210 g/mol. The van der Waals surface area contributed by atoms with Crippen molar-refractivity contribution < 1.29 is 10.2 Å². The Balaban J connectivity index is 2.66. The second kappa shape index (κ2) is 5.07. The Hall–Kier alpha value is -0.420. The van der Waals surface area contributed by atoms with Crippen molar-refractivity contribution in [1.82, 2.24) is 5.32 Å². The number of aliphatic hydroxyl groups is 2.